The zero-order chi connectivity index (χ0) is 15.4. The van der Waals surface area contributed by atoms with Gasteiger partial charge in [0.05, 0.1) is 11.5 Å². The first-order valence-electron chi connectivity index (χ1n) is 6.97. The lowest BCUT2D eigenvalue weighted by molar-refractivity contribution is -0.384. The van der Waals surface area contributed by atoms with Gasteiger partial charge in [0, 0.05) is 31.7 Å². The van der Waals surface area contributed by atoms with Gasteiger partial charge in [-0.25, -0.2) is 0 Å². The molecule has 21 heavy (non-hydrogen) atoms. The number of nitrogens with one attached hydrogen (secondary N) is 2. The van der Waals surface area contributed by atoms with Crippen LogP contribution >= 0.6 is 0 Å². The maximum Gasteiger partial charge on any atom is 0.293 e. The number of rotatable bonds is 4. The summed E-state index contributed by atoms with van der Waals surface area (Å²) in [5.41, 5.74) is 0.901. The van der Waals surface area contributed by atoms with Crippen LogP contribution in [-0.4, -0.2) is 48.0 Å². The monoisotopic (exact) mass is 292 g/mol. The average Bonchev–Trinajstić information content (AvgIpc) is 2.43. The molecular formula is C14H20N4O3. The predicted molar refractivity (Wildman–Crippen MR) is 80.4 cm³/mol. The normalized spacial score (nSPS) is 19.2. The molecule has 0 saturated carbocycles. The second-order valence-electron chi connectivity index (χ2n) is 5.30. The van der Waals surface area contributed by atoms with Gasteiger partial charge in [0.15, 0.2) is 0 Å². The van der Waals surface area contributed by atoms with Crippen molar-refractivity contribution in [1.29, 1.82) is 0 Å². The number of nitrogens with zero attached hydrogens (tertiary/aromatic N) is 2. The van der Waals surface area contributed by atoms with Crippen molar-refractivity contribution in [2.24, 2.45) is 0 Å². The number of hydrogen-bond donors (Lipinski definition) is 2. The molecule has 114 valence electrons. The predicted octanol–water partition coefficient (Wildman–Crippen LogP) is 1.14. The molecule has 1 fully saturated rings. The van der Waals surface area contributed by atoms with E-state index in [1.54, 1.807) is 19.1 Å². The number of amides is 1. The molecule has 0 aliphatic carbocycles. The summed E-state index contributed by atoms with van der Waals surface area (Å²) in [6.45, 7) is 6.53. The summed E-state index contributed by atoms with van der Waals surface area (Å²) in [5, 5.41) is 17.0. The van der Waals surface area contributed by atoms with Gasteiger partial charge in [-0.1, -0.05) is 12.1 Å². The van der Waals surface area contributed by atoms with Crippen molar-refractivity contribution in [1.82, 2.24) is 10.2 Å². The topological polar surface area (TPSA) is 87.5 Å². The van der Waals surface area contributed by atoms with E-state index in [1.165, 1.54) is 6.07 Å². The molecule has 0 aromatic heterocycles. The third kappa shape index (κ3) is 3.77. The summed E-state index contributed by atoms with van der Waals surface area (Å²) >= 11 is 0. The van der Waals surface area contributed by atoms with Gasteiger partial charge >= 0.3 is 0 Å². The number of carbonyl (C=O) groups excluding carboxylic acids is 1. The van der Waals surface area contributed by atoms with Crippen LogP contribution < -0.4 is 10.6 Å². The molecule has 1 amide bonds. The smallest absolute Gasteiger partial charge is 0.293 e. The van der Waals surface area contributed by atoms with Crippen LogP contribution in [0.1, 0.15) is 12.5 Å². The van der Waals surface area contributed by atoms with Gasteiger partial charge in [-0.05, 0) is 19.4 Å². The van der Waals surface area contributed by atoms with E-state index in [4.69, 9.17) is 0 Å². The molecule has 2 N–H and O–H groups in total. The van der Waals surface area contributed by atoms with E-state index in [0.717, 1.165) is 19.6 Å². The minimum Gasteiger partial charge on any atom is -0.319 e. The number of nitro benzene ring substituents is 1. The van der Waals surface area contributed by atoms with Crippen LogP contribution in [0.2, 0.25) is 0 Å². The van der Waals surface area contributed by atoms with Crippen molar-refractivity contribution in [3.63, 3.8) is 0 Å². The van der Waals surface area contributed by atoms with Crippen molar-refractivity contribution in [2.75, 3.05) is 31.5 Å². The van der Waals surface area contributed by atoms with Crippen molar-refractivity contribution >= 4 is 17.3 Å². The van der Waals surface area contributed by atoms with Crippen LogP contribution in [0.4, 0.5) is 11.4 Å². The van der Waals surface area contributed by atoms with Gasteiger partial charge in [0.2, 0.25) is 5.91 Å². The van der Waals surface area contributed by atoms with Crippen LogP contribution in [-0.2, 0) is 4.79 Å². The molecule has 7 heteroatoms. The lowest BCUT2D eigenvalue weighted by atomic mass is 10.1. The lowest BCUT2D eigenvalue weighted by Crippen LogP contribution is -2.52. The summed E-state index contributed by atoms with van der Waals surface area (Å²) in [6, 6.07) is 5.03. The summed E-state index contributed by atoms with van der Waals surface area (Å²) < 4.78 is 0. The Morgan fingerprint density at radius 2 is 2.33 bits per heavy atom. The van der Waals surface area contributed by atoms with E-state index in [9.17, 15) is 14.9 Å². The first-order chi connectivity index (χ1) is 9.99. The zero-order valence-electron chi connectivity index (χ0n) is 12.3. The highest BCUT2D eigenvalue weighted by molar-refractivity contribution is 5.95. The van der Waals surface area contributed by atoms with E-state index in [0.29, 0.717) is 5.56 Å². The number of anilines is 1. The minimum atomic E-state index is -0.476. The average molecular weight is 292 g/mol. The van der Waals surface area contributed by atoms with Crippen LogP contribution in [0.25, 0.3) is 0 Å². The van der Waals surface area contributed by atoms with Gasteiger partial charge in [-0.2, -0.15) is 0 Å². The molecule has 1 aromatic rings. The standard InChI is InChI=1S/C14H20N4O3/c1-10-4-3-5-12(18(20)21)14(10)16-13(19)9-17-7-6-15-8-11(17)2/h3-5,11,15H,6-9H2,1-2H3,(H,16,19)/t11-/m1/s1. The SMILES string of the molecule is Cc1cccc([N+](=O)[O-])c1NC(=O)CN1CCNC[C@H]1C. The molecule has 2 rings (SSSR count). The van der Waals surface area contributed by atoms with E-state index < -0.39 is 4.92 Å². The molecule has 1 heterocycles. The first-order valence-corrected chi connectivity index (χ1v) is 6.97. The highest BCUT2D eigenvalue weighted by Gasteiger charge is 2.22. The fraction of sp³-hybridized carbons (Fsp3) is 0.500. The van der Waals surface area contributed by atoms with Crippen LogP contribution in [0.5, 0.6) is 0 Å². The fourth-order valence-electron chi connectivity index (χ4n) is 2.45. The number of piperazine rings is 1. The lowest BCUT2D eigenvalue weighted by Gasteiger charge is -2.33. The second kappa shape index (κ2) is 6.64. The van der Waals surface area contributed by atoms with Crippen LogP contribution in [0.15, 0.2) is 18.2 Å². The van der Waals surface area contributed by atoms with E-state index in [2.05, 4.69) is 22.5 Å². The quantitative estimate of drug-likeness (QED) is 0.642. The molecule has 7 nitrogen and oxygen atoms in total. The third-order valence-corrected chi connectivity index (χ3v) is 3.70. The fourth-order valence-corrected chi connectivity index (χ4v) is 2.45. The molecule has 1 saturated heterocycles. The molecule has 0 radical (unpaired) electrons. The van der Waals surface area contributed by atoms with Crippen molar-refractivity contribution < 1.29 is 9.72 Å². The highest BCUT2D eigenvalue weighted by atomic mass is 16.6. The Kier molecular flexibility index (Phi) is 4.87. The molecule has 1 aliphatic heterocycles. The minimum absolute atomic E-state index is 0.0725. The molecular weight excluding hydrogens is 272 g/mol. The summed E-state index contributed by atoms with van der Waals surface area (Å²) in [6.07, 6.45) is 0. The molecule has 1 aromatic carbocycles. The summed E-state index contributed by atoms with van der Waals surface area (Å²) in [5.74, 6) is -0.221. The molecule has 0 bridgehead atoms. The second-order valence-corrected chi connectivity index (χ2v) is 5.30. The number of aryl methyl sites for hydroxylation is 1. The maximum absolute atomic E-state index is 12.2. The first kappa shape index (κ1) is 15.4. The van der Waals surface area contributed by atoms with Crippen LogP contribution in [0, 0.1) is 17.0 Å². The van der Waals surface area contributed by atoms with Gasteiger partial charge in [0.25, 0.3) is 5.69 Å². The van der Waals surface area contributed by atoms with E-state index >= 15 is 0 Å². The largest absolute Gasteiger partial charge is 0.319 e. The Balaban J connectivity index is 2.07. The summed E-state index contributed by atoms with van der Waals surface area (Å²) in [4.78, 5) is 24.8. The van der Waals surface area contributed by atoms with Gasteiger partial charge in [-0.15, -0.1) is 0 Å². The molecule has 0 unspecified atom stereocenters. The van der Waals surface area contributed by atoms with Gasteiger partial charge in [-0.3, -0.25) is 19.8 Å². The molecule has 1 aliphatic rings. The zero-order valence-corrected chi connectivity index (χ0v) is 12.3. The van der Waals surface area contributed by atoms with Crippen LogP contribution in [0.3, 0.4) is 0 Å². The van der Waals surface area contributed by atoms with E-state index in [1.807, 2.05) is 0 Å². The Hall–Kier alpha value is -1.99. The molecule has 0 spiro atoms. The highest BCUT2D eigenvalue weighted by Crippen LogP contribution is 2.27. The Morgan fingerprint density at radius 1 is 1.57 bits per heavy atom. The third-order valence-electron chi connectivity index (χ3n) is 3.70. The van der Waals surface area contributed by atoms with Gasteiger partial charge < -0.3 is 10.6 Å². The number of carbonyl (C=O) groups is 1. The number of nitro groups is 1. The van der Waals surface area contributed by atoms with E-state index in [-0.39, 0.29) is 29.9 Å². The molecule has 1 atom stereocenters. The Labute approximate surface area is 123 Å². The number of benzene rings is 1. The Bertz CT molecular complexity index is 547. The summed E-state index contributed by atoms with van der Waals surface area (Å²) in [7, 11) is 0. The number of hydrogen-bond acceptors (Lipinski definition) is 5. The number of para-hydroxylation sites is 1. The van der Waals surface area contributed by atoms with Crippen molar-refractivity contribution in [3.05, 3.63) is 33.9 Å². The van der Waals surface area contributed by atoms with Crippen molar-refractivity contribution in [3.8, 4) is 0 Å². The Morgan fingerprint density at radius 3 is 3.00 bits per heavy atom. The van der Waals surface area contributed by atoms with Gasteiger partial charge in [0.1, 0.15) is 5.69 Å². The van der Waals surface area contributed by atoms with Crippen molar-refractivity contribution in [2.45, 2.75) is 19.9 Å². The maximum atomic E-state index is 12.2.